The van der Waals surface area contributed by atoms with Crippen LogP contribution in [0.1, 0.15) is 35.2 Å². The molecule has 0 aromatic heterocycles. The van der Waals surface area contributed by atoms with Gasteiger partial charge in [0, 0.05) is 9.61 Å². The number of carbonyl (C=O) groups excluding carboxylic acids is 1. The Morgan fingerprint density at radius 1 is 1.47 bits per heavy atom. The molecule has 3 heteroatoms. The molecule has 80 valence electrons. The molecule has 1 N–H and O–H groups in total. The average molecular weight is 315 g/mol. The second-order valence-electron chi connectivity index (χ2n) is 4.03. The molecule has 1 aromatic rings. The average Bonchev–Trinajstić information content (AvgIpc) is 2.11. The van der Waals surface area contributed by atoms with E-state index in [1.54, 1.807) is 0 Å². The van der Waals surface area contributed by atoms with E-state index in [1.807, 2.05) is 25.1 Å². The largest absolute Gasteiger partial charge is 0.349 e. The topological polar surface area (TPSA) is 29.1 Å². The van der Waals surface area contributed by atoms with Crippen LogP contribution in [-0.2, 0) is 0 Å². The maximum absolute atomic E-state index is 12.0. The number of nitrogens with one attached hydrogen (secondary N) is 1. The van der Waals surface area contributed by atoms with Crippen molar-refractivity contribution in [3.8, 4) is 0 Å². The first-order chi connectivity index (χ1) is 7.18. The van der Waals surface area contributed by atoms with Crippen LogP contribution in [0.4, 0.5) is 0 Å². The molecular formula is C12H14INO. The molecule has 2 rings (SSSR count). The van der Waals surface area contributed by atoms with Gasteiger partial charge in [-0.1, -0.05) is 12.1 Å². The zero-order valence-electron chi connectivity index (χ0n) is 8.72. The molecule has 1 saturated carbocycles. The van der Waals surface area contributed by atoms with Gasteiger partial charge >= 0.3 is 0 Å². The highest BCUT2D eigenvalue weighted by molar-refractivity contribution is 14.1. The summed E-state index contributed by atoms with van der Waals surface area (Å²) >= 11 is 2.22. The predicted molar refractivity (Wildman–Crippen MR) is 69.0 cm³/mol. The fourth-order valence-electron chi connectivity index (χ4n) is 1.73. The first kappa shape index (κ1) is 10.9. The summed E-state index contributed by atoms with van der Waals surface area (Å²) in [5.74, 6) is 0.0854. The molecule has 0 aliphatic heterocycles. The lowest BCUT2D eigenvalue weighted by atomic mass is 9.92. The number of amides is 1. The molecule has 1 amide bonds. The van der Waals surface area contributed by atoms with Crippen LogP contribution in [0.2, 0.25) is 0 Å². The molecule has 1 aromatic carbocycles. The number of benzene rings is 1. The van der Waals surface area contributed by atoms with E-state index in [0.717, 1.165) is 27.5 Å². The molecule has 2 nitrogen and oxygen atoms in total. The minimum Gasteiger partial charge on any atom is -0.349 e. The Bertz CT molecular complexity index is 365. The Morgan fingerprint density at radius 3 is 2.73 bits per heavy atom. The zero-order chi connectivity index (χ0) is 10.8. The lowest BCUT2D eigenvalue weighted by Gasteiger charge is -2.26. The molecular weight excluding hydrogens is 301 g/mol. The lowest BCUT2D eigenvalue weighted by Crippen LogP contribution is -2.40. The highest BCUT2D eigenvalue weighted by atomic mass is 127. The second kappa shape index (κ2) is 4.51. The van der Waals surface area contributed by atoms with Crippen LogP contribution in [0.25, 0.3) is 0 Å². The summed E-state index contributed by atoms with van der Waals surface area (Å²) in [6, 6.07) is 6.35. The van der Waals surface area contributed by atoms with Crippen LogP contribution in [0.5, 0.6) is 0 Å². The summed E-state index contributed by atoms with van der Waals surface area (Å²) in [5, 5.41) is 3.07. The highest BCUT2D eigenvalue weighted by Crippen LogP contribution is 2.21. The fraction of sp³-hybridized carbons (Fsp3) is 0.417. The third kappa shape index (κ3) is 2.33. The smallest absolute Gasteiger partial charge is 0.252 e. The Hall–Kier alpha value is -0.580. The summed E-state index contributed by atoms with van der Waals surface area (Å²) in [4.78, 5) is 12.0. The van der Waals surface area contributed by atoms with Crippen molar-refractivity contribution in [2.45, 2.75) is 32.2 Å². The minimum atomic E-state index is 0.0854. The molecule has 0 radical (unpaired) electrons. The van der Waals surface area contributed by atoms with Crippen LogP contribution in [0.15, 0.2) is 18.2 Å². The van der Waals surface area contributed by atoms with Gasteiger partial charge in [0.2, 0.25) is 0 Å². The van der Waals surface area contributed by atoms with Gasteiger partial charge in [0.05, 0.1) is 5.56 Å². The normalized spacial score (nSPS) is 15.9. The molecule has 0 heterocycles. The van der Waals surface area contributed by atoms with Crippen molar-refractivity contribution in [2.24, 2.45) is 0 Å². The van der Waals surface area contributed by atoms with Gasteiger partial charge in [-0.25, -0.2) is 0 Å². The monoisotopic (exact) mass is 315 g/mol. The maximum Gasteiger partial charge on any atom is 0.252 e. The molecule has 0 saturated heterocycles. The summed E-state index contributed by atoms with van der Waals surface area (Å²) in [7, 11) is 0. The summed E-state index contributed by atoms with van der Waals surface area (Å²) in [5.41, 5.74) is 1.89. The van der Waals surface area contributed by atoms with Gasteiger partial charge in [0.1, 0.15) is 0 Å². The lowest BCUT2D eigenvalue weighted by molar-refractivity contribution is 0.0915. The van der Waals surface area contributed by atoms with Crippen molar-refractivity contribution in [1.82, 2.24) is 5.32 Å². The quantitative estimate of drug-likeness (QED) is 0.836. The van der Waals surface area contributed by atoms with E-state index in [2.05, 4.69) is 27.9 Å². The van der Waals surface area contributed by atoms with Crippen molar-refractivity contribution in [3.05, 3.63) is 32.9 Å². The highest BCUT2D eigenvalue weighted by Gasteiger charge is 2.21. The molecule has 0 atom stereocenters. The molecule has 0 unspecified atom stereocenters. The predicted octanol–water partition coefficient (Wildman–Crippen LogP) is 2.88. The first-order valence-corrected chi connectivity index (χ1v) is 6.32. The standard InChI is InChI=1S/C12H14INO/c1-8-4-2-7-10(13)11(8)12(15)14-9-5-3-6-9/h2,4,7,9H,3,5-6H2,1H3,(H,14,15). The van der Waals surface area contributed by atoms with E-state index in [1.165, 1.54) is 6.42 Å². The summed E-state index contributed by atoms with van der Waals surface area (Å²) in [6.45, 7) is 1.98. The second-order valence-corrected chi connectivity index (χ2v) is 5.20. The molecule has 1 aliphatic carbocycles. The molecule has 0 spiro atoms. The number of carbonyl (C=O) groups is 1. The Morgan fingerprint density at radius 2 is 2.20 bits per heavy atom. The van der Waals surface area contributed by atoms with E-state index >= 15 is 0 Å². The number of aryl methyl sites for hydroxylation is 1. The number of hydrogen-bond donors (Lipinski definition) is 1. The van der Waals surface area contributed by atoms with Crippen LogP contribution in [0, 0.1) is 10.5 Å². The van der Waals surface area contributed by atoms with E-state index < -0.39 is 0 Å². The van der Waals surface area contributed by atoms with Gasteiger partial charge in [0.25, 0.3) is 5.91 Å². The Kier molecular flexibility index (Phi) is 3.29. The Labute approximate surface area is 104 Å². The number of rotatable bonds is 2. The van der Waals surface area contributed by atoms with Crippen molar-refractivity contribution in [3.63, 3.8) is 0 Å². The SMILES string of the molecule is Cc1cccc(I)c1C(=O)NC1CCC1. The van der Waals surface area contributed by atoms with Crippen LogP contribution in [0.3, 0.4) is 0 Å². The molecule has 1 aliphatic rings. The van der Waals surface area contributed by atoms with Gasteiger partial charge in [-0.2, -0.15) is 0 Å². The number of hydrogen-bond acceptors (Lipinski definition) is 1. The van der Waals surface area contributed by atoms with Crippen molar-refractivity contribution in [2.75, 3.05) is 0 Å². The third-order valence-electron chi connectivity index (χ3n) is 2.89. The minimum absolute atomic E-state index is 0.0854. The summed E-state index contributed by atoms with van der Waals surface area (Å²) < 4.78 is 1.03. The number of halogens is 1. The van der Waals surface area contributed by atoms with E-state index in [-0.39, 0.29) is 5.91 Å². The van der Waals surface area contributed by atoms with Crippen LogP contribution < -0.4 is 5.32 Å². The maximum atomic E-state index is 12.0. The van der Waals surface area contributed by atoms with Crippen molar-refractivity contribution >= 4 is 28.5 Å². The first-order valence-electron chi connectivity index (χ1n) is 5.24. The third-order valence-corrected chi connectivity index (χ3v) is 3.79. The molecule has 0 bridgehead atoms. The Balaban J connectivity index is 2.16. The van der Waals surface area contributed by atoms with E-state index in [0.29, 0.717) is 6.04 Å². The van der Waals surface area contributed by atoms with Crippen molar-refractivity contribution < 1.29 is 4.79 Å². The molecule has 1 fully saturated rings. The van der Waals surface area contributed by atoms with Crippen LogP contribution in [-0.4, -0.2) is 11.9 Å². The van der Waals surface area contributed by atoms with Crippen molar-refractivity contribution in [1.29, 1.82) is 0 Å². The van der Waals surface area contributed by atoms with E-state index in [9.17, 15) is 4.79 Å². The summed E-state index contributed by atoms with van der Waals surface area (Å²) in [6.07, 6.45) is 3.51. The van der Waals surface area contributed by atoms with Gasteiger partial charge in [-0.05, 0) is 60.4 Å². The van der Waals surface area contributed by atoms with Gasteiger partial charge < -0.3 is 5.32 Å². The van der Waals surface area contributed by atoms with Gasteiger partial charge in [0.15, 0.2) is 0 Å². The zero-order valence-corrected chi connectivity index (χ0v) is 10.9. The van der Waals surface area contributed by atoms with E-state index in [4.69, 9.17) is 0 Å². The van der Waals surface area contributed by atoms with Gasteiger partial charge in [-0.15, -0.1) is 0 Å². The fourth-order valence-corrected chi connectivity index (χ4v) is 2.61. The van der Waals surface area contributed by atoms with Crippen LogP contribution >= 0.6 is 22.6 Å². The van der Waals surface area contributed by atoms with Gasteiger partial charge in [-0.3, -0.25) is 4.79 Å². The molecule has 15 heavy (non-hydrogen) atoms.